The van der Waals surface area contributed by atoms with Crippen molar-refractivity contribution in [1.82, 2.24) is 5.32 Å². The smallest absolute Gasteiger partial charge is 0.0129 e. The largest absolute Gasteiger partial charge is 0.314 e. The molecule has 0 aromatic carbocycles. The van der Waals surface area contributed by atoms with Crippen molar-refractivity contribution in [3.05, 3.63) is 0 Å². The summed E-state index contributed by atoms with van der Waals surface area (Å²) in [5.41, 5.74) is 0.558. The van der Waals surface area contributed by atoms with Gasteiger partial charge in [0, 0.05) is 6.04 Å². The lowest BCUT2D eigenvalue weighted by molar-refractivity contribution is 0.0635. The Kier molecular flexibility index (Phi) is 5.12. The fourth-order valence-electron chi connectivity index (χ4n) is 4.55. The summed E-state index contributed by atoms with van der Waals surface area (Å²) in [6, 6.07) is 0.797. The molecule has 0 aliphatic heterocycles. The molecule has 1 nitrogen and oxygen atoms in total. The molecule has 0 heterocycles. The minimum Gasteiger partial charge on any atom is -0.314 e. The third-order valence-corrected chi connectivity index (χ3v) is 5.62. The number of nitrogens with one attached hydrogen (secondary N) is 1. The van der Waals surface area contributed by atoms with Gasteiger partial charge in [-0.2, -0.15) is 0 Å². The van der Waals surface area contributed by atoms with Crippen molar-refractivity contribution >= 4 is 0 Å². The molecule has 2 unspecified atom stereocenters. The van der Waals surface area contributed by atoms with E-state index in [0.29, 0.717) is 5.41 Å². The van der Waals surface area contributed by atoms with E-state index in [2.05, 4.69) is 26.1 Å². The van der Waals surface area contributed by atoms with Gasteiger partial charge in [0.15, 0.2) is 0 Å². The molecule has 1 N–H and O–H groups in total. The number of hydrogen-bond donors (Lipinski definition) is 1. The van der Waals surface area contributed by atoms with Crippen LogP contribution in [0.3, 0.4) is 0 Å². The monoisotopic (exact) mass is 251 g/mol. The number of hydrogen-bond acceptors (Lipinski definition) is 1. The molecule has 106 valence electrons. The van der Waals surface area contributed by atoms with E-state index in [4.69, 9.17) is 0 Å². The summed E-state index contributed by atoms with van der Waals surface area (Å²) in [7, 11) is 0. The van der Waals surface area contributed by atoms with Crippen molar-refractivity contribution in [3.8, 4) is 0 Å². The average Bonchev–Trinajstić information content (AvgIpc) is 2.37. The quantitative estimate of drug-likeness (QED) is 0.759. The Morgan fingerprint density at radius 3 is 2.28 bits per heavy atom. The summed E-state index contributed by atoms with van der Waals surface area (Å²) in [6.07, 6.45) is 13.2. The van der Waals surface area contributed by atoms with Crippen molar-refractivity contribution in [1.29, 1.82) is 0 Å². The molecule has 0 aromatic heterocycles. The van der Waals surface area contributed by atoms with Crippen LogP contribution >= 0.6 is 0 Å². The molecule has 18 heavy (non-hydrogen) atoms. The van der Waals surface area contributed by atoms with E-state index in [1.165, 1.54) is 57.8 Å². The van der Waals surface area contributed by atoms with E-state index in [-0.39, 0.29) is 0 Å². The molecule has 2 rings (SSSR count). The molecule has 0 spiro atoms. The second-order valence-electron chi connectivity index (χ2n) is 7.32. The first-order chi connectivity index (χ1) is 8.65. The summed E-state index contributed by atoms with van der Waals surface area (Å²) in [5, 5.41) is 3.88. The molecular formula is C17H33N. The Morgan fingerprint density at radius 1 is 1.00 bits per heavy atom. The predicted octanol–water partition coefficient (Wildman–Crippen LogP) is 4.76. The highest BCUT2D eigenvalue weighted by Gasteiger charge is 2.40. The van der Waals surface area contributed by atoms with Gasteiger partial charge in [-0.25, -0.2) is 0 Å². The van der Waals surface area contributed by atoms with Gasteiger partial charge < -0.3 is 5.32 Å². The van der Waals surface area contributed by atoms with Gasteiger partial charge >= 0.3 is 0 Å². The van der Waals surface area contributed by atoms with Gasteiger partial charge in [-0.1, -0.05) is 52.9 Å². The summed E-state index contributed by atoms with van der Waals surface area (Å²) < 4.78 is 0. The first-order valence-corrected chi connectivity index (χ1v) is 8.38. The Morgan fingerprint density at radius 2 is 1.67 bits per heavy atom. The van der Waals surface area contributed by atoms with Crippen molar-refractivity contribution < 1.29 is 0 Å². The SMILES string of the molecule is CCNC(C1CCCCC1)C1CCCCC1(C)C. The highest BCUT2D eigenvalue weighted by molar-refractivity contribution is 4.94. The molecular weight excluding hydrogens is 218 g/mol. The van der Waals surface area contributed by atoms with Crippen molar-refractivity contribution in [3.63, 3.8) is 0 Å². The molecule has 0 radical (unpaired) electrons. The Labute approximate surface area is 114 Å². The van der Waals surface area contributed by atoms with Crippen LogP contribution in [0.2, 0.25) is 0 Å². The second-order valence-corrected chi connectivity index (χ2v) is 7.32. The molecule has 0 aromatic rings. The molecule has 1 heteroatoms. The van der Waals surface area contributed by atoms with Crippen LogP contribution in [0, 0.1) is 17.3 Å². The van der Waals surface area contributed by atoms with Gasteiger partial charge in [0.1, 0.15) is 0 Å². The number of rotatable bonds is 4. The van der Waals surface area contributed by atoms with Gasteiger partial charge in [0.2, 0.25) is 0 Å². The van der Waals surface area contributed by atoms with Crippen LogP contribution in [0.4, 0.5) is 0 Å². The average molecular weight is 251 g/mol. The van der Waals surface area contributed by atoms with Gasteiger partial charge in [-0.15, -0.1) is 0 Å². The Bertz CT molecular complexity index is 240. The maximum Gasteiger partial charge on any atom is 0.0129 e. The van der Waals surface area contributed by atoms with Crippen molar-refractivity contribution in [2.24, 2.45) is 17.3 Å². The first-order valence-electron chi connectivity index (χ1n) is 8.38. The fourth-order valence-corrected chi connectivity index (χ4v) is 4.55. The van der Waals surface area contributed by atoms with Crippen LogP contribution in [0.5, 0.6) is 0 Å². The molecule has 2 fully saturated rings. The zero-order chi connectivity index (χ0) is 13.0. The zero-order valence-corrected chi connectivity index (χ0v) is 12.8. The minimum absolute atomic E-state index is 0.558. The second kappa shape index (κ2) is 6.41. The molecule has 0 bridgehead atoms. The van der Waals surface area contributed by atoms with E-state index in [9.17, 15) is 0 Å². The summed E-state index contributed by atoms with van der Waals surface area (Å²) in [5.74, 6) is 1.87. The lowest BCUT2D eigenvalue weighted by Gasteiger charge is -2.47. The molecule has 2 aliphatic carbocycles. The van der Waals surface area contributed by atoms with E-state index in [1.54, 1.807) is 0 Å². The van der Waals surface area contributed by atoms with Gasteiger partial charge in [-0.05, 0) is 49.5 Å². The van der Waals surface area contributed by atoms with Gasteiger partial charge in [-0.3, -0.25) is 0 Å². The zero-order valence-electron chi connectivity index (χ0n) is 12.8. The highest BCUT2D eigenvalue weighted by atomic mass is 14.9. The Balaban J connectivity index is 2.07. The van der Waals surface area contributed by atoms with Crippen LogP contribution in [0.25, 0.3) is 0 Å². The predicted molar refractivity (Wildman–Crippen MR) is 79.8 cm³/mol. The summed E-state index contributed by atoms with van der Waals surface area (Å²) in [6.45, 7) is 8.47. The van der Waals surface area contributed by atoms with Crippen LogP contribution in [-0.4, -0.2) is 12.6 Å². The molecule has 0 saturated heterocycles. The van der Waals surface area contributed by atoms with E-state index in [1.807, 2.05) is 0 Å². The maximum atomic E-state index is 3.88. The first kappa shape index (κ1) is 14.4. The van der Waals surface area contributed by atoms with Crippen molar-refractivity contribution in [2.75, 3.05) is 6.54 Å². The maximum absolute atomic E-state index is 3.88. The van der Waals surface area contributed by atoms with Crippen molar-refractivity contribution in [2.45, 2.75) is 84.6 Å². The van der Waals surface area contributed by atoms with Crippen LogP contribution in [0.1, 0.15) is 78.6 Å². The van der Waals surface area contributed by atoms with E-state index in [0.717, 1.165) is 24.4 Å². The third kappa shape index (κ3) is 3.29. The van der Waals surface area contributed by atoms with Gasteiger partial charge in [0.05, 0.1) is 0 Å². The minimum atomic E-state index is 0.558. The fraction of sp³-hybridized carbons (Fsp3) is 1.00. The lowest BCUT2D eigenvalue weighted by Crippen LogP contribution is -2.49. The topological polar surface area (TPSA) is 12.0 Å². The van der Waals surface area contributed by atoms with E-state index >= 15 is 0 Å². The van der Waals surface area contributed by atoms with Crippen LogP contribution in [0.15, 0.2) is 0 Å². The normalized spacial score (nSPS) is 31.2. The summed E-state index contributed by atoms with van der Waals surface area (Å²) in [4.78, 5) is 0. The van der Waals surface area contributed by atoms with Gasteiger partial charge in [0.25, 0.3) is 0 Å². The third-order valence-electron chi connectivity index (χ3n) is 5.62. The van der Waals surface area contributed by atoms with Crippen LogP contribution in [-0.2, 0) is 0 Å². The molecule has 0 amide bonds. The molecule has 2 aliphatic rings. The lowest BCUT2D eigenvalue weighted by atomic mass is 9.62. The molecule has 2 saturated carbocycles. The highest BCUT2D eigenvalue weighted by Crippen LogP contribution is 2.45. The van der Waals surface area contributed by atoms with E-state index < -0.39 is 0 Å². The van der Waals surface area contributed by atoms with Crippen LogP contribution < -0.4 is 5.32 Å². The standard InChI is InChI=1S/C17H33N/c1-4-18-16(14-10-6-5-7-11-14)15-12-8-9-13-17(15,2)3/h14-16,18H,4-13H2,1-3H3. The summed E-state index contributed by atoms with van der Waals surface area (Å²) >= 11 is 0. The molecule has 2 atom stereocenters. The Hall–Kier alpha value is -0.0400.